The van der Waals surface area contributed by atoms with Crippen LogP contribution in [0.3, 0.4) is 0 Å². The number of carbonyl (C=O) groups excluding carboxylic acids is 1. The van der Waals surface area contributed by atoms with Crippen LogP contribution < -0.4 is 0 Å². The summed E-state index contributed by atoms with van der Waals surface area (Å²) >= 11 is 1.69. The third kappa shape index (κ3) is 2.33. The van der Waals surface area contributed by atoms with E-state index in [0.717, 1.165) is 29.4 Å². The molecule has 0 spiro atoms. The molecule has 4 rings (SSSR count). The maximum absolute atomic E-state index is 13.0. The Balaban J connectivity index is 1.69. The van der Waals surface area contributed by atoms with E-state index in [9.17, 15) is 4.79 Å². The van der Waals surface area contributed by atoms with Crippen molar-refractivity contribution in [2.75, 3.05) is 0 Å². The van der Waals surface area contributed by atoms with E-state index in [-0.39, 0.29) is 5.91 Å². The Bertz CT molecular complexity index is 815. The average Bonchev–Trinajstić information content (AvgIpc) is 3.14. The van der Waals surface area contributed by atoms with E-state index in [1.54, 1.807) is 11.3 Å². The number of aryl methyl sites for hydroxylation is 1. The van der Waals surface area contributed by atoms with Crippen molar-refractivity contribution in [1.82, 2.24) is 4.90 Å². The summed E-state index contributed by atoms with van der Waals surface area (Å²) in [4.78, 5) is 16.2. The predicted octanol–water partition coefficient (Wildman–Crippen LogP) is 4.61. The first-order chi connectivity index (χ1) is 10.7. The van der Waals surface area contributed by atoms with Gasteiger partial charge in [-0.2, -0.15) is 0 Å². The first-order valence-corrected chi connectivity index (χ1v) is 8.43. The van der Waals surface area contributed by atoms with Crippen LogP contribution >= 0.6 is 11.3 Å². The van der Waals surface area contributed by atoms with Crippen LogP contribution in [-0.2, 0) is 6.54 Å². The lowest BCUT2D eigenvalue weighted by atomic mass is 10.1. The Morgan fingerprint density at radius 1 is 1.27 bits per heavy atom. The van der Waals surface area contributed by atoms with Gasteiger partial charge < -0.3 is 9.32 Å². The highest BCUT2D eigenvalue weighted by Crippen LogP contribution is 2.33. The number of hydrogen-bond acceptors (Lipinski definition) is 3. The van der Waals surface area contributed by atoms with Gasteiger partial charge in [0.25, 0.3) is 5.91 Å². The summed E-state index contributed by atoms with van der Waals surface area (Å²) in [5.41, 5.74) is 1.73. The number of rotatable bonds is 4. The maximum atomic E-state index is 13.0. The monoisotopic (exact) mass is 311 g/mol. The predicted molar refractivity (Wildman–Crippen MR) is 88.2 cm³/mol. The number of furan rings is 1. The van der Waals surface area contributed by atoms with Crippen LogP contribution in [0.2, 0.25) is 0 Å². The van der Waals surface area contributed by atoms with Crippen LogP contribution in [0, 0.1) is 6.92 Å². The fourth-order valence-electron chi connectivity index (χ4n) is 2.83. The zero-order valence-electron chi connectivity index (χ0n) is 12.4. The molecule has 2 aromatic heterocycles. The Labute approximate surface area is 133 Å². The molecule has 0 N–H and O–H groups in total. The number of amides is 1. The summed E-state index contributed by atoms with van der Waals surface area (Å²) in [6, 6.07) is 12.3. The van der Waals surface area contributed by atoms with Gasteiger partial charge in [0.05, 0.1) is 6.54 Å². The smallest absolute Gasteiger partial charge is 0.290 e. The minimum absolute atomic E-state index is 0.0181. The zero-order valence-corrected chi connectivity index (χ0v) is 13.2. The molecule has 0 aliphatic heterocycles. The third-order valence-corrected chi connectivity index (χ3v) is 5.05. The van der Waals surface area contributed by atoms with E-state index < -0.39 is 0 Å². The molecule has 1 fully saturated rings. The molecule has 1 saturated carbocycles. The van der Waals surface area contributed by atoms with Gasteiger partial charge >= 0.3 is 0 Å². The van der Waals surface area contributed by atoms with Crippen molar-refractivity contribution >= 4 is 28.2 Å². The average molecular weight is 311 g/mol. The summed E-state index contributed by atoms with van der Waals surface area (Å²) in [7, 11) is 0. The lowest BCUT2D eigenvalue weighted by molar-refractivity contribution is 0.0700. The van der Waals surface area contributed by atoms with Crippen LogP contribution in [0.15, 0.2) is 46.2 Å². The normalized spacial score (nSPS) is 14.4. The quantitative estimate of drug-likeness (QED) is 0.705. The van der Waals surface area contributed by atoms with Crippen LogP contribution in [0.5, 0.6) is 0 Å². The minimum atomic E-state index is 0.0181. The van der Waals surface area contributed by atoms with Crippen molar-refractivity contribution in [3.05, 3.63) is 58.0 Å². The number of benzene rings is 1. The molecule has 0 bridgehead atoms. The molecule has 4 heteroatoms. The summed E-state index contributed by atoms with van der Waals surface area (Å²) in [6.45, 7) is 2.65. The third-order valence-electron chi connectivity index (χ3n) is 4.19. The Morgan fingerprint density at radius 3 is 2.77 bits per heavy atom. The van der Waals surface area contributed by atoms with Gasteiger partial charge in [-0.25, -0.2) is 0 Å². The molecule has 0 radical (unpaired) electrons. The Kier molecular flexibility index (Phi) is 3.26. The van der Waals surface area contributed by atoms with Gasteiger partial charge in [0.1, 0.15) is 5.58 Å². The molecule has 1 aliphatic rings. The Morgan fingerprint density at radius 2 is 2.09 bits per heavy atom. The molecule has 2 heterocycles. The van der Waals surface area contributed by atoms with Crippen LogP contribution in [0.4, 0.5) is 0 Å². The lowest BCUT2D eigenvalue weighted by Crippen LogP contribution is -2.32. The second-order valence-electron chi connectivity index (χ2n) is 5.80. The molecule has 0 atom stereocenters. The van der Waals surface area contributed by atoms with Gasteiger partial charge in [0.2, 0.25) is 0 Å². The van der Waals surface area contributed by atoms with Gasteiger partial charge in [-0.05, 0) is 37.3 Å². The van der Waals surface area contributed by atoms with Gasteiger partial charge in [-0.3, -0.25) is 4.79 Å². The van der Waals surface area contributed by atoms with E-state index in [4.69, 9.17) is 4.42 Å². The van der Waals surface area contributed by atoms with E-state index >= 15 is 0 Å². The second kappa shape index (κ2) is 5.29. The van der Waals surface area contributed by atoms with Crippen molar-refractivity contribution in [1.29, 1.82) is 0 Å². The standard InChI is InChI=1S/C18H17NO2S/c1-12-15-6-2-3-7-16(15)21-17(12)18(20)19(13-8-9-13)11-14-5-4-10-22-14/h2-7,10,13H,8-9,11H2,1H3. The molecule has 3 nitrogen and oxygen atoms in total. The first kappa shape index (κ1) is 13.6. The molecule has 1 aliphatic carbocycles. The van der Waals surface area contributed by atoms with Gasteiger partial charge in [0, 0.05) is 21.9 Å². The van der Waals surface area contributed by atoms with Crippen LogP contribution in [-0.4, -0.2) is 16.8 Å². The summed E-state index contributed by atoms with van der Waals surface area (Å²) < 4.78 is 5.85. The summed E-state index contributed by atoms with van der Waals surface area (Å²) in [5.74, 6) is 0.509. The molecular weight excluding hydrogens is 294 g/mol. The van der Waals surface area contributed by atoms with E-state index in [0.29, 0.717) is 18.3 Å². The minimum Gasteiger partial charge on any atom is -0.451 e. The number of fused-ring (bicyclic) bond motifs is 1. The largest absolute Gasteiger partial charge is 0.451 e. The topological polar surface area (TPSA) is 33.5 Å². The molecule has 0 unspecified atom stereocenters. The van der Waals surface area contributed by atoms with Crippen molar-refractivity contribution in [3.63, 3.8) is 0 Å². The highest BCUT2D eigenvalue weighted by Gasteiger charge is 2.35. The number of para-hydroxylation sites is 1. The molecule has 0 saturated heterocycles. The zero-order chi connectivity index (χ0) is 15.1. The molecular formula is C18H17NO2S. The highest BCUT2D eigenvalue weighted by atomic mass is 32.1. The van der Waals surface area contributed by atoms with Crippen molar-refractivity contribution in [3.8, 4) is 0 Å². The van der Waals surface area contributed by atoms with Crippen LogP contribution in [0.25, 0.3) is 11.0 Å². The SMILES string of the molecule is Cc1c(C(=O)N(Cc2cccs2)C2CC2)oc2ccccc12. The van der Waals surface area contributed by atoms with Gasteiger partial charge in [-0.15, -0.1) is 11.3 Å². The maximum Gasteiger partial charge on any atom is 0.290 e. The molecule has 112 valence electrons. The number of hydrogen-bond donors (Lipinski definition) is 0. The fraction of sp³-hybridized carbons (Fsp3) is 0.278. The summed E-state index contributed by atoms with van der Waals surface area (Å²) in [6.07, 6.45) is 2.19. The van der Waals surface area contributed by atoms with E-state index in [2.05, 4.69) is 11.4 Å². The van der Waals surface area contributed by atoms with Crippen molar-refractivity contribution < 1.29 is 9.21 Å². The van der Waals surface area contributed by atoms with Crippen molar-refractivity contribution in [2.24, 2.45) is 0 Å². The van der Waals surface area contributed by atoms with Gasteiger partial charge in [0.15, 0.2) is 5.76 Å². The lowest BCUT2D eigenvalue weighted by Gasteiger charge is -2.20. The van der Waals surface area contributed by atoms with Crippen molar-refractivity contribution in [2.45, 2.75) is 32.4 Å². The molecule has 1 amide bonds. The Hall–Kier alpha value is -2.07. The van der Waals surface area contributed by atoms with E-state index in [1.807, 2.05) is 42.2 Å². The fourth-order valence-corrected chi connectivity index (χ4v) is 3.53. The number of nitrogens with zero attached hydrogens (tertiary/aromatic N) is 1. The molecule has 3 aromatic rings. The highest BCUT2D eigenvalue weighted by molar-refractivity contribution is 7.09. The van der Waals surface area contributed by atoms with Crippen LogP contribution in [0.1, 0.15) is 33.8 Å². The number of thiophene rings is 1. The first-order valence-electron chi connectivity index (χ1n) is 7.55. The van der Waals surface area contributed by atoms with E-state index in [1.165, 1.54) is 4.88 Å². The summed E-state index contributed by atoms with van der Waals surface area (Å²) in [5, 5.41) is 3.08. The molecule has 22 heavy (non-hydrogen) atoms. The second-order valence-corrected chi connectivity index (χ2v) is 6.83. The van der Waals surface area contributed by atoms with Gasteiger partial charge in [-0.1, -0.05) is 24.3 Å². The number of carbonyl (C=O) groups is 1. The molecule has 1 aromatic carbocycles.